The maximum atomic E-state index is 12.8. The van der Waals surface area contributed by atoms with E-state index >= 15 is 0 Å². The van der Waals surface area contributed by atoms with Crippen molar-refractivity contribution >= 4 is 29.3 Å². The maximum Gasteiger partial charge on any atom is 0.357 e. The SMILES string of the molecule is Cc1nnnn1/C(=C\c1ccccc1)C(=O)OCC(=O)Nc1ccccc1C(C)(C)C. The van der Waals surface area contributed by atoms with Crippen LogP contribution in [0.1, 0.15) is 37.7 Å². The molecule has 0 unspecified atom stereocenters. The Labute approximate surface area is 180 Å². The Morgan fingerprint density at radius 2 is 1.74 bits per heavy atom. The highest BCUT2D eigenvalue weighted by atomic mass is 16.5. The van der Waals surface area contributed by atoms with E-state index < -0.39 is 18.5 Å². The van der Waals surface area contributed by atoms with Crippen molar-refractivity contribution in [1.82, 2.24) is 20.2 Å². The van der Waals surface area contributed by atoms with E-state index in [-0.39, 0.29) is 11.1 Å². The Morgan fingerprint density at radius 1 is 1.06 bits per heavy atom. The monoisotopic (exact) mass is 419 g/mol. The third kappa shape index (κ3) is 5.63. The van der Waals surface area contributed by atoms with Crippen LogP contribution in [0.5, 0.6) is 0 Å². The molecule has 0 aliphatic carbocycles. The van der Waals surface area contributed by atoms with Gasteiger partial charge in [-0.2, -0.15) is 4.68 Å². The Bertz CT molecular complexity index is 1100. The van der Waals surface area contributed by atoms with E-state index in [1.54, 1.807) is 13.0 Å². The summed E-state index contributed by atoms with van der Waals surface area (Å²) in [5.41, 5.74) is 2.41. The van der Waals surface area contributed by atoms with Gasteiger partial charge in [-0.05, 0) is 46.0 Å². The van der Waals surface area contributed by atoms with Crippen molar-refractivity contribution in [3.8, 4) is 0 Å². The van der Waals surface area contributed by atoms with Crippen molar-refractivity contribution in [2.24, 2.45) is 0 Å². The second kappa shape index (κ2) is 9.34. The fraction of sp³-hybridized carbons (Fsp3) is 0.261. The van der Waals surface area contributed by atoms with Gasteiger partial charge in [0.25, 0.3) is 5.91 Å². The van der Waals surface area contributed by atoms with Gasteiger partial charge in [-0.3, -0.25) is 4.79 Å². The number of nitrogens with zero attached hydrogens (tertiary/aromatic N) is 4. The third-order valence-corrected chi connectivity index (χ3v) is 4.51. The number of amides is 1. The molecule has 0 fully saturated rings. The van der Waals surface area contributed by atoms with E-state index in [4.69, 9.17) is 4.74 Å². The van der Waals surface area contributed by atoms with Crippen LogP contribution in [-0.4, -0.2) is 38.7 Å². The van der Waals surface area contributed by atoms with E-state index in [2.05, 4.69) is 41.6 Å². The van der Waals surface area contributed by atoms with Crippen LogP contribution in [0.25, 0.3) is 11.8 Å². The average molecular weight is 419 g/mol. The highest BCUT2D eigenvalue weighted by molar-refractivity contribution is 6.15. The van der Waals surface area contributed by atoms with Gasteiger partial charge in [-0.15, -0.1) is 5.10 Å². The zero-order valence-electron chi connectivity index (χ0n) is 18.0. The number of esters is 1. The third-order valence-electron chi connectivity index (χ3n) is 4.51. The molecule has 0 aliphatic heterocycles. The normalized spacial score (nSPS) is 11.8. The molecule has 1 heterocycles. The van der Waals surface area contributed by atoms with Gasteiger partial charge in [-0.1, -0.05) is 69.3 Å². The molecule has 8 heteroatoms. The lowest BCUT2D eigenvalue weighted by atomic mass is 9.86. The first kappa shape index (κ1) is 21.9. The molecule has 160 valence electrons. The van der Waals surface area contributed by atoms with Gasteiger partial charge in [0.2, 0.25) is 0 Å². The first-order valence-corrected chi connectivity index (χ1v) is 9.84. The summed E-state index contributed by atoms with van der Waals surface area (Å²) in [4.78, 5) is 25.3. The number of ether oxygens (including phenoxy) is 1. The first-order chi connectivity index (χ1) is 14.8. The first-order valence-electron chi connectivity index (χ1n) is 9.84. The number of hydrogen-bond acceptors (Lipinski definition) is 6. The lowest BCUT2D eigenvalue weighted by Crippen LogP contribution is -2.24. The lowest BCUT2D eigenvalue weighted by molar-refractivity contribution is -0.141. The van der Waals surface area contributed by atoms with Crippen LogP contribution in [0.4, 0.5) is 5.69 Å². The topological polar surface area (TPSA) is 99.0 Å². The molecule has 3 rings (SSSR count). The lowest BCUT2D eigenvalue weighted by Gasteiger charge is -2.23. The van der Waals surface area contributed by atoms with Crippen LogP contribution in [-0.2, 0) is 19.7 Å². The van der Waals surface area contributed by atoms with Gasteiger partial charge in [0.1, 0.15) is 0 Å². The molecule has 0 saturated heterocycles. The number of rotatable bonds is 6. The molecular weight excluding hydrogens is 394 g/mol. The minimum absolute atomic E-state index is 0.108. The molecule has 0 radical (unpaired) electrons. The second-order valence-corrected chi connectivity index (χ2v) is 8.00. The minimum atomic E-state index is -0.710. The molecule has 1 N–H and O–H groups in total. The molecule has 31 heavy (non-hydrogen) atoms. The summed E-state index contributed by atoms with van der Waals surface area (Å²) in [5, 5.41) is 14.1. The van der Waals surface area contributed by atoms with Gasteiger partial charge in [0.15, 0.2) is 18.1 Å². The summed E-state index contributed by atoms with van der Waals surface area (Å²) in [6.07, 6.45) is 1.61. The number of carbonyl (C=O) groups excluding carboxylic acids is 2. The number of carbonyl (C=O) groups is 2. The number of anilines is 1. The van der Waals surface area contributed by atoms with E-state index in [1.807, 2.05) is 54.6 Å². The molecule has 0 saturated carbocycles. The largest absolute Gasteiger partial charge is 0.451 e. The van der Waals surface area contributed by atoms with Crippen LogP contribution in [0, 0.1) is 6.92 Å². The van der Waals surface area contributed by atoms with Gasteiger partial charge in [0, 0.05) is 5.69 Å². The fourth-order valence-corrected chi connectivity index (χ4v) is 3.01. The van der Waals surface area contributed by atoms with Crippen LogP contribution < -0.4 is 5.32 Å². The second-order valence-electron chi connectivity index (χ2n) is 8.00. The molecule has 0 atom stereocenters. The van der Waals surface area contributed by atoms with Gasteiger partial charge < -0.3 is 10.1 Å². The predicted molar refractivity (Wildman–Crippen MR) is 118 cm³/mol. The van der Waals surface area contributed by atoms with Crippen LogP contribution in [0.2, 0.25) is 0 Å². The van der Waals surface area contributed by atoms with Crippen molar-refractivity contribution in [3.63, 3.8) is 0 Å². The summed E-state index contributed by atoms with van der Waals surface area (Å²) in [6, 6.07) is 16.8. The number of para-hydroxylation sites is 1. The summed E-state index contributed by atoms with van der Waals surface area (Å²) in [6.45, 7) is 7.42. The van der Waals surface area contributed by atoms with Crippen LogP contribution in [0.15, 0.2) is 54.6 Å². The molecule has 0 aliphatic rings. The average Bonchev–Trinajstić information content (AvgIpc) is 3.16. The predicted octanol–water partition coefficient (Wildman–Crippen LogP) is 3.46. The van der Waals surface area contributed by atoms with Crippen molar-refractivity contribution in [2.45, 2.75) is 33.1 Å². The zero-order valence-corrected chi connectivity index (χ0v) is 18.0. The molecule has 1 amide bonds. The maximum absolute atomic E-state index is 12.8. The summed E-state index contributed by atoms with van der Waals surface area (Å²) < 4.78 is 6.56. The van der Waals surface area contributed by atoms with Gasteiger partial charge in [0.05, 0.1) is 0 Å². The fourth-order valence-electron chi connectivity index (χ4n) is 3.01. The number of hydrogen-bond donors (Lipinski definition) is 1. The van der Waals surface area contributed by atoms with Crippen molar-refractivity contribution in [1.29, 1.82) is 0 Å². The summed E-state index contributed by atoms with van der Waals surface area (Å²) in [5.74, 6) is -0.723. The molecule has 8 nitrogen and oxygen atoms in total. The van der Waals surface area contributed by atoms with E-state index in [0.717, 1.165) is 11.1 Å². The van der Waals surface area contributed by atoms with Crippen LogP contribution in [0.3, 0.4) is 0 Å². The van der Waals surface area contributed by atoms with Crippen molar-refractivity contribution in [3.05, 3.63) is 71.5 Å². The van der Waals surface area contributed by atoms with Gasteiger partial charge in [-0.25, -0.2) is 4.79 Å². The number of aryl methyl sites for hydroxylation is 1. The summed E-state index contributed by atoms with van der Waals surface area (Å²) >= 11 is 0. The number of nitrogens with one attached hydrogen (secondary N) is 1. The molecule has 2 aromatic carbocycles. The van der Waals surface area contributed by atoms with E-state index in [1.165, 1.54) is 4.68 Å². The van der Waals surface area contributed by atoms with Crippen molar-refractivity contribution < 1.29 is 14.3 Å². The van der Waals surface area contributed by atoms with Crippen molar-refractivity contribution in [2.75, 3.05) is 11.9 Å². The molecular formula is C23H25N5O3. The quantitative estimate of drug-likeness (QED) is 0.485. The molecule has 1 aromatic heterocycles. The number of benzene rings is 2. The van der Waals surface area contributed by atoms with E-state index in [0.29, 0.717) is 11.5 Å². The number of aromatic nitrogens is 4. The summed E-state index contributed by atoms with van der Waals surface area (Å²) in [7, 11) is 0. The van der Waals surface area contributed by atoms with E-state index in [9.17, 15) is 9.59 Å². The Morgan fingerprint density at radius 3 is 2.39 bits per heavy atom. The standard InChI is InChI=1S/C23H25N5O3/c1-16-25-26-27-28(16)20(14-17-10-6-5-7-11-17)22(30)31-15-21(29)24-19-13-9-8-12-18(19)23(2,3)4/h5-14H,15H2,1-4H3,(H,24,29)/b20-14-. The van der Waals surface area contributed by atoms with Gasteiger partial charge >= 0.3 is 5.97 Å². The molecule has 0 spiro atoms. The Balaban J connectivity index is 1.74. The highest BCUT2D eigenvalue weighted by Crippen LogP contribution is 2.29. The molecule has 3 aromatic rings. The Kier molecular flexibility index (Phi) is 6.59. The van der Waals surface area contributed by atoms with Crippen LogP contribution >= 0.6 is 0 Å². The number of tetrazole rings is 1. The molecule has 0 bridgehead atoms. The smallest absolute Gasteiger partial charge is 0.357 e. The Hall–Kier alpha value is -3.81. The zero-order chi connectivity index (χ0) is 22.4. The highest BCUT2D eigenvalue weighted by Gasteiger charge is 2.21. The minimum Gasteiger partial charge on any atom is -0.451 e.